The Labute approximate surface area is 159 Å². The van der Waals surface area contributed by atoms with Crippen molar-refractivity contribution in [3.63, 3.8) is 0 Å². The quantitative estimate of drug-likeness (QED) is 0.385. The van der Waals surface area contributed by atoms with Gasteiger partial charge in [-0.15, -0.1) is 0 Å². The van der Waals surface area contributed by atoms with Crippen LogP contribution in [0, 0.1) is 11.8 Å². The largest absolute Gasteiger partial charge is 0.478 e. The van der Waals surface area contributed by atoms with Crippen LogP contribution < -0.4 is 0 Å². The fourth-order valence-electron chi connectivity index (χ4n) is 3.69. The lowest BCUT2D eigenvalue weighted by atomic mass is 9.81. The van der Waals surface area contributed by atoms with Crippen LogP contribution in [0.1, 0.15) is 72.6 Å². The van der Waals surface area contributed by atoms with Crippen molar-refractivity contribution in [2.24, 2.45) is 11.8 Å². The van der Waals surface area contributed by atoms with E-state index in [9.17, 15) is 4.79 Å². The lowest BCUT2D eigenvalue weighted by Crippen LogP contribution is -2.06. The molecular formula is C24H34O2. The Morgan fingerprint density at radius 1 is 1.19 bits per heavy atom. The van der Waals surface area contributed by atoms with Gasteiger partial charge in [0, 0.05) is 6.08 Å². The first-order valence-corrected chi connectivity index (χ1v) is 10.1. The van der Waals surface area contributed by atoms with Gasteiger partial charge in [-0.2, -0.15) is 0 Å². The molecular weight excluding hydrogens is 320 g/mol. The molecule has 0 radical (unpaired) electrons. The van der Waals surface area contributed by atoms with Crippen LogP contribution in [0.5, 0.6) is 0 Å². The minimum Gasteiger partial charge on any atom is -0.478 e. The van der Waals surface area contributed by atoms with E-state index in [1.807, 2.05) is 19.1 Å². The van der Waals surface area contributed by atoms with E-state index in [1.165, 1.54) is 56.6 Å². The highest BCUT2D eigenvalue weighted by Gasteiger charge is 2.30. The Hall–Kier alpha value is -1.83. The molecule has 2 aliphatic rings. The van der Waals surface area contributed by atoms with Crippen molar-refractivity contribution < 1.29 is 9.90 Å². The number of allylic oxidation sites excluding steroid dienone is 9. The van der Waals surface area contributed by atoms with E-state index < -0.39 is 5.97 Å². The lowest BCUT2D eigenvalue weighted by Gasteiger charge is -2.24. The number of rotatable bonds is 8. The predicted molar refractivity (Wildman–Crippen MR) is 110 cm³/mol. The van der Waals surface area contributed by atoms with Gasteiger partial charge in [-0.1, -0.05) is 49.3 Å². The van der Waals surface area contributed by atoms with Gasteiger partial charge in [-0.25, -0.2) is 4.79 Å². The minimum absolute atomic E-state index is 0.745. The fourth-order valence-corrected chi connectivity index (χ4v) is 3.69. The zero-order chi connectivity index (χ0) is 19.1. The van der Waals surface area contributed by atoms with E-state index >= 15 is 0 Å². The highest BCUT2D eigenvalue weighted by atomic mass is 16.4. The van der Waals surface area contributed by atoms with Crippen molar-refractivity contribution in [3.05, 3.63) is 58.2 Å². The normalized spacial score (nSPS) is 21.3. The summed E-state index contributed by atoms with van der Waals surface area (Å²) in [5.41, 5.74) is 6.94. The summed E-state index contributed by atoms with van der Waals surface area (Å²) in [5.74, 6) is 0.716. The van der Waals surface area contributed by atoms with Crippen LogP contribution in [-0.4, -0.2) is 11.1 Å². The highest BCUT2D eigenvalue weighted by Crippen LogP contribution is 2.46. The average Bonchev–Trinajstić information content (AvgIpc) is 3.37. The number of carbonyl (C=O) groups is 1. The summed E-state index contributed by atoms with van der Waals surface area (Å²) in [6.45, 7) is 8.57. The molecule has 1 saturated carbocycles. The third kappa shape index (κ3) is 6.82. The molecule has 0 atom stereocenters. The second-order valence-corrected chi connectivity index (χ2v) is 8.23. The van der Waals surface area contributed by atoms with E-state index in [4.69, 9.17) is 5.11 Å². The smallest absolute Gasteiger partial charge is 0.328 e. The Morgan fingerprint density at radius 2 is 1.92 bits per heavy atom. The van der Waals surface area contributed by atoms with Crippen LogP contribution in [0.2, 0.25) is 0 Å². The van der Waals surface area contributed by atoms with Crippen molar-refractivity contribution in [2.75, 3.05) is 0 Å². The molecule has 2 rings (SSSR count). The van der Waals surface area contributed by atoms with Gasteiger partial charge in [-0.3, -0.25) is 0 Å². The molecule has 0 saturated heterocycles. The molecule has 2 heteroatoms. The number of hydrogen-bond donors (Lipinski definition) is 1. The monoisotopic (exact) mass is 354 g/mol. The molecule has 2 nitrogen and oxygen atoms in total. The Balaban J connectivity index is 2.17. The number of carboxylic acid groups (broad SMARTS) is 1. The third-order valence-electron chi connectivity index (χ3n) is 5.18. The van der Waals surface area contributed by atoms with E-state index in [0.29, 0.717) is 0 Å². The fraction of sp³-hybridized carbons (Fsp3) is 0.542. The van der Waals surface area contributed by atoms with Gasteiger partial charge in [0.2, 0.25) is 0 Å². The topological polar surface area (TPSA) is 37.3 Å². The van der Waals surface area contributed by atoms with Crippen LogP contribution >= 0.6 is 0 Å². The minimum atomic E-state index is -0.898. The summed E-state index contributed by atoms with van der Waals surface area (Å²) in [4.78, 5) is 10.7. The highest BCUT2D eigenvalue weighted by molar-refractivity contribution is 5.81. The Bertz CT molecular complexity index is 664. The van der Waals surface area contributed by atoms with Crippen LogP contribution in [-0.2, 0) is 4.79 Å². The molecule has 0 unspecified atom stereocenters. The Morgan fingerprint density at radius 3 is 2.54 bits per heavy atom. The SMILES string of the molecule is CC(=C/C=C/C(C)=C/C(=O)O)/C=C1\CCCC(C2CC2)=C1CCC(C)C. The molecule has 26 heavy (non-hydrogen) atoms. The van der Waals surface area contributed by atoms with Gasteiger partial charge >= 0.3 is 5.97 Å². The maximum absolute atomic E-state index is 10.7. The van der Waals surface area contributed by atoms with Crippen LogP contribution in [0.3, 0.4) is 0 Å². The van der Waals surface area contributed by atoms with Crippen LogP contribution in [0.4, 0.5) is 0 Å². The first kappa shape index (κ1) is 20.5. The molecule has 0 amide bonds. The van der Waals surface area contributed by atoms with Crippen molar-refractivity contribution in [1.29, 1.82) is 0 Å². The number of carboxylic acids is 1. The van der Waals surface area contributed by atoms with Gasteiger partial charge in [-0.05, 0) is 87.3 Å². The van der Waals surface area contributed by atoms with Crippen molar-refractivity contribution in [1.82, 2.24) is 0 Å². The van der Waals surface area contributed by atoms with Gasteiger partial charge in [0.25, 0.3) is 0 Å². The van der Waals surface area contributed by atoms with Crippen molar-refractivity contribution in [2.45, 2.75) is 72.6 Å². The van der Waals surface area contributed by atoms with Crippen molar-refractivity contribution in [3.8, 4) is 0 Å². The standard InChI is InChI=1S/C24H34O2/c1-17(2)11-14-23-21(9-6-10-22(23)20-12-13-20)15-18(3)7-5-8-19(4)16-24(25)26/h5,7-8,15-17,20H,6,9-14H2,1-4H3,(H,25,26)/b8-5+,18-7-,19-16+,21-15+. The zero-order valence-corrected chi connectivity index (χ0v) is 16.8. The molecule has 0 spiro atoms. The van der Waals surface area contributed by atoms with Crippen molar-refractivity contribution >= 4 is 5.97 Å². The maximum Gasteiger partial charge on any atom is 0.328 e. The molecule has 0 aromatic rings. The van der Waals surface area contributed by atoms with Crippen LogP contribution in [0.15, 0.2) is 58.2 Å². The first-order valence-electron chi connectivity index (χ1n) is 10.1. The molecule has 0 aromatic heterocycles. The summed E-state index contributed by atoms with van der Waals surface area (Å²) in [6.07, 6.45) is 18.5. The van der Waals surface area contributed by atoms with E-state index in [0.717, 1.165) is 17.4 Å². The molecule has 1 fully saturated rings. The predicted octanol–water partition coefficient (Wildman–Crippen LogP) is 6.77. The average molecular weight is 355 g/mol. The van der Waals surface area contributed by atoms with Gasteiger partial charge in [0.1, 0.15) is 0 Å². The molecule has 0 heterocycles. The van der Waals surface area contributed by atoms with Gasteiger partial charge < -0.3 is 5.11 Å². The molecule has 2 aliphatic carbocycles. The number of hydrogen-bond acceptors (Lipinski definition) is 1. The van der Waals surface area contributed by atoms with E-state index in [2.05, 4.69) is 32.9 Å². The molecule has 1 N–H and O–H groups in total. The van der Waals surface area contributed by atoms with Gasteiger partial charge in [0.15, 0.2) is 0 Å². The second-order valence-electron chi connectivity index (χ2n) is 8.23. The Kier molecular flexibility index (Phi) is 7.68. The molecule has 0 bridgehead atoms. The molecule has 0 aromatic carbocycles. The summed E-state index contributed by atoms with van der Waals surface area (Å²) >= 11 is 0. The summed E-state index contributed by atoms with van der Waals surface area (Å²) in [5, 5.41) is 8.76. The van der Waals surface area contributed by atoms with E-state index in [1.54, 1.807) is 16.7 Å². The second kappa shape index (κ2) is 9.75. The third-order valence-corrected chi connectivity index (χ3v) is 5.18. The number of aliphatic carboxylic acids is 1. The van der Waals surface area contributed by atoms with Crippen LogP contribution in [0.25, 0.3) is 0 Å². The zero-order valence-electron chi connectivity index (χ0n) is 16.8. The summed E-state index contributed by atoms with van der Waals surface area (Å²) in [6, 6.07) is 0. The lowest BCUT2D eigenvalue weighted by molar-refractivity contribution is -0.131. The summed E-state index contributed by atoms with van der Waals surface area (Å²) < 4.78 is 0. The molecule has 142 valence electrons. The van der Waals surface area contributed by atoms with E-state index in [-0.39, 0.29) is 0 Å². The first-order chi connectivity index (χ1) is 12.4. The van der Waals surface area contributed by atoms with Gasteiger partial charge in [0.05, 0.1) is 0 Å². The maximum atomic E-state index is 10.7. The molecule has 0 aliphatic heterocycles. The summed E-state index contributed by atoms with van der Waals surface area (Å²) in [7, 11) is 0.